The number of benzene rings is 5. The normalized spacial score (nSPS) is 15.0. The summed E-state index contributed by atoms with van der Waals surface area (Å²) < 4.78 is 0.643. The molecule has 0 N–H and O–H groups in total. The minimum Gasteiger partial charge on any atom is -0.329 e. The molecule has 0 atom stereocenters. The Bertz CT molecular complexity index is 1990. The van der Waals surface area contributed by atoms with Crippen molar-refractivity contribution in [2.45, 2.75) is 71.1 Å². The Morgan fingerprint density at radius 2 is 0.771 bits per heavy atom. The van der Waals surface area contributed by atoms with E-state index in [2.05, 4.69) is 6.92 Å². The SMILES string of the molecule is CCCCCCCCCCCCN1C(=O)c2ccc3c4ccc5c6c(ccc(c7ccc(c2c37)C1=O)c64)C(=O)N(CC[N+](C)(C)C)C5=O. The van der Waals surface area contributed by atoms with Gasteiger partial charge in [-0.05, 0) is 63.0 Å². The van der Waals surface area contributed by atoms with Crippen molar-refractivity contribution >= 4 is 66.7 Å². The molecule has 0 aromatic heterocycles. The second kappa shape index (κ2) is 12.6. The molecule has 0 radical (unpaired) electrons. The van der Waals surface area contributed by atoms with Crippen LogP contribution in [0.2, 0.25) is 0 Å². The van der Waals surface area contributed by atoms with Crippen LogP contribution in [0.1, 0.15) is 113 Å². The first-order chi connectivity index (χ1) is 23.1. The fraction of sp³-hybridized carbons (Fsp3) is 0.415. The molecule has 2 aliphatic heterocycles. The Balaban J connectivity index is 1.20. The number of nitrogens with zero attached hydrogens (tertiary/aromatic N) is 3. The van der Waals surface area contributed by atoms with E-state index in [9.17, 15) is 19.2 Å². The van der Waals surface area contributed by atoms with Gasteiger partial charge in [-0.25, -0.2) is 0 Å². The first kappa shape index (κ1) is 32.2. The first-order valence-electron chi connectivity index (χ1n) is 17.9. The number of rotatable bonds is 14. The number of fused-ring (bicyclic) bond motifs is 2. The lowest BCUT2D eigenvalue weighted by Crippen LogP contribution is -2.47. The molecule has 2 aliphatic rings. The monoisotopic (exact) mass is 644 g/mol. The van der Waals surface area contributed by atoms with E-state index in [-0.39, 0.29) is 23.6 Å². The van der Waals surface area contributed by atoms with E-state index >= 15 is 0 Å². The summed E-state index contributed by atoms with van der Waals surface area (Å²) in [6, 6.07) is 15.3. The molecular weight excluding hydrogens is 598 g/mol. The van der Waals surface area contributed by atoms with Crippen LogP contribution in [0.25, 0.3) is 43.1 Å². The maximum Gasteiger partial charge on any atom is 0.261 e. The largest absolute Gasteiger partial charge is 0.329 e. The third kappa shape index (κ3) is 5.33. The number of likely N-dealkylation sites (N-methyl/N-ethyl adjacent to an activating group) is 1. The number of amides is 4. The third-order valence-corrected chi connectivity index (χ3v) is 10.5. The van der Waals surface area contributed by atoms with E-state index < -0.39 is 0 Å². The summed E-state index contributed by atoms with van der Waals surface area (Å²) in [7, 11) is 6.14. The summed E-state index contributed by atoms with van der Waals surface area (Å²) in [6.45, 7) is 3.67. The van der Waals surface area contributed by atoms with Crippen molar-refractivity contribution in [1.29, 1.82) is 0 Å². The van der Waals surface area contributed by atoms with Crippen LogP contribution >= 0.6 is 0 Å². The van der Waals surface area contributed by atoms with Crippen molar-refractivity contribution in [2.75, 3.05) is 40.8 Å². The molecule has 48 heavy (non-hydrogen) atoms. The summed E-state index contributed by atoms with van der Waals surface area (Å²) in [5, 5.41) is 6.82. The molecule has 4 amide bonds. The minimum absolute atomic E-state index is 0.228. The van der Waals surface area contributed by atoms with Crippen molar-refractivity contribution in [3.8, 4) is 0 Å². The standard InChI is InChI=1S/C41H46N3O4/c1-5-6-7-8-9-10-11-12-13-14-23-42-38(45)30-19-15-26-28-17-21-32-37-33(41(48)43(40(32)47)24-25-44(2,3)4)22-18-29(35(28)37)27-16-20-31(39(42)46)36(30)34(26)27/h15-22H,5-14,23-25H2,1-4H3/q+1. The highest BCUT2D eigenvalue weighted by Gasteiger charge is 2.37. The molecule has 0 unspecified atom stereocenters. The maximum absolute atomic E-state index is 13.8. The molecule has 2 heterocycles. The molecule has 0 bridgehead atoms. The van der Waals surface area contributed by atoms with Crippen LogP contribution in [-0.2, 0) is 0 Å². The average Bonchev–Trinajstić information content (AvgIpc) is 3.07. The molecule has 0 saturated carbocycles. The Morgan fingerprint density at radius 1 is 0.438 bits per heavy atom. The molecule has 5 aromatic carbocycles. The molecule has 7 heteroatoms. The number of unbranched alkanes of at least 4 members (excludes halogenated alkanes) is 9. The lowest BCUT2D eigenvalue weighted by Gasteiger charge is -2.32. The Labute approximate surface area is 282 Å². The fourth-order valence-corrected chi connectivity index (χ4v) is 7.93. The van der Waals surface area contributed by atoms with Crippen LogP contribution < -0.4 is 0 Å². The van der Waals surface area contributed by atoms with Crippen LogP contribution in [0, 0.1) is 0 Å². The van der Waals surface area contributed by atoms with Gasteiger partial charge in [-0.3, -0.25) is 29.0 Å². The van der Waals surface area contributed by atoms with E-state index in [1.54, 1.807) is 0 Å². The van der Waals surface area contributed by atoms with E-state index in [4.69, 9.17) is 0 Å². The number of carbonyl (C=O) groups excluding carboxylic acids is 4. The third-order valence-electron chi connectivity index (χ3n) is 10.5. The topological polar surface area (TPSA) is 74.8 Å². The Kier molecular flexibility index (Phi) is 8.44. The molecule has 0 fully saturated rings. The zero-order chi connectivity index (χ0) is 33.7. The molecule has 5 aromatic rings. The van der Waals surface area contributed by atoms with Gasteiger partial charge in [0.1, 0.15) is 0 Å². The molecule has 7 nitrogen and oxygen atoms in total. The molecule has 248 valence electrons. The van der Waals surface area contributed by atoms with Crippen LogP contribution in [-0.4, -0.2) is 78.7 Å². The van der Waals surface area contributed by atoms with Crippen LogP contribution in [0.5, 0.6) is 0 Å². The lowest BCUT2D eigenvalue weighted by molar-refractivity contribution is -0.869. The molecule has 0 saturated heterocycles. The van der Waals surface area contributed by atoms with Gasteiger partial charge >= 0.3 is 0 Å². The van der Waals surface area contributed by atoms with Gasteiger partial charge in [0.2, 0.25) is 0 Å². The molecule has 0 aliphatic carbocycles. The summed E-state index contributed by atoms with van der Waals surface area (Å²) >= 11 is 0. The smallest absolute Gasteiger partial charge is 0.261 e. The van der Waals surface area contributed by atoms with Gasteiger partial charge in [-0.15, -0.1) is 0 Å². The molecule has 0 spiro atoms. The maximum atomic E-state index is 13.8. The van der Waals surface area contributed by atoms with Crippen LogP contribution in [0.15, 0.2) is 48.5 Å². The van der Waals surface area contributed by atoms with Gasteiger partial charge in [-0.1, -0.05) is 89.0 Å². The van der Waals surface area contributed by atoms with E-state index in [1.165, 1.54) is 54.7 Å². The number of quaternary nitrogens is 1. The Morgan fingerprint density at radius 3 is 1.12 bits per heavy atom. The number of imide groups is 2. The zero-order valence-corrected chi connectivity index (χ0v) is 28.8. The fourth-order valence-electron chi connectivity index (χ4n) is 7.93. The second-order valence-corrected chi connectivity index (χ2v) is 14.9. The van der Waals surface area contributed by atoms with Crippen molar-refractivity contribution in [2.24, 2.45) is 0 Å². The van der Waals surface area contributed by atoms with E-state index in [0.29, 0.717) is 57.1 Å². The summed E-state index contributed by atoms with van der Waals surface area (Å²) in [5.74, 6) is -0.986. The number of hydrogen-bond acceptors (Lipinski definition) is 4. The zero-order valence-electron chi connectivity index (χ0n) is 28.8. The van der Waals surface area contributed by atoms with Crippen molar-refractivity contribution in [3.05, 3.63) is 70.8 Å². The molecule has 7 rings (SSSR count). The highest BCUT2D eigenvalue weighted by molar-refractivity contribution is 6.41. The lowest BCUT2D eigenvalue weighted by atomic mass is 9.82. The first-order valence-corrected chi connectivity index (χ1v) is 17.9. The van der Waals surface area contributed by atoms with Crippen LogP contribution in [0.4, 0.5) is 0 Å². The van der Waals surface area contributed by atoms with Gasteiger partial charge in [-0.2, -0.15) is 0 Å². The summed E-state index contributed by atoms with van der Waals surface area (Å²) in [6.07, 6.45) is 11.9. The predicted octanol–water partition coefficient (Wildman–Crippen LogP) is 8.56. The highest BCUT2D eigenvalue weighted by atomic mass is 16.2. The van der Waals surface area contributed by atoms with Crippen LogP contribution in [0.3, 0.4) is 0 Å². The van der Waals surface area contributed by atoms with E-state index in [0.717, 1.165) is 51.6 Å². The van der Waals surface area contributed by atoms with Crippen molar-refractivity contribution in [3.63, 3.8) is 0 Å². The van der Waals surface area contributed by atoms with Crippen molar-refractivity contribution < 1.29 is 23.7 Å². The van der Waals surface area contributed by atoms with Gasteiger partial charge in [0.05, 0.1) is 34.2 Å². The second-order valence-electron chi connectivity index (χ2n) is 14.9. The number of hydrogen-bond donors (Lipinski definition) is 0. The average molecular weight is 645 g/mol. The summed E-state index contributed by atoms with van der Waals surface area (Å²) in [5.41, 5.74) is 2.19. The minimum atomic E-state index is -0.264. The predicted molar refractivity (Wildman–Crippen MR) is 193 cm³/mol. The number of carbonyl (C=O) groups is 4. The van der Waals surface area contributed by atoms with E-state index in [1.807, 2.05) is 69.7 Å². The van der Waals surface area contributed by atoms with Crippen molar-refractivity contribution in [1.82, 2.24) is 9.80 Å². The molecular formula is C41H46N3O4+. The van der Waals surface area contributed by atoms with Gasteiger partial charge in [0.25, 0.3) is 23.6 Å². The van der Waals surface area contributed by atoms with Gasteiger partial charge in [0, 0.05) is 39.6 Å². The van der Waals surface area contributed by atoms with Gasteiger partial charge in [0.15, 0.2) is 0 Å². The highest BCUT2D eigenvalue weighted by Crippen LogP contribution is 2.46. The summed E-state index contributed by atoms with van der Waals surface area (Å²) in [4.78, 5) is 58.0. The van der Waals surface area contributed by atoms with Gasteiger partial charge < -0.3 is 4.48 Å². The Hall–Kier alpha value is -4.36. The quantitative estimate of drug-likeness (QED) is 0.0399.